The number of rotatable bonds is 3. The van der Waals surface area contributed by atoms with Gasteiger partial charge in [-0.05, 0) is 18.2 Å². The average Bonchev–Trinajstić information content (AvgIpc) is 2.40. The topological polar surface area (TPSA) is 75.7 Å². The van der Waals surface area contributed by atoms with E-state index in [0.29, 0.717) is 10.2 Å². The predicted molar refractivity (Wildman–Crippen MR) is 76.2 cm³/mol. The predicted octanol–water partition coefficient (Wildman–Crippen LogP) is 3.81. The van der Waals surface area contributed by atoms with Crippen LogP contribution in [-0.4, -0.2) is 16.2 Å². The molecule has 0 aromatic heterocycles. The van der Waals surface area contributed by atoms with Gasteiger partial charge in [0.2, 0.25) is 5.75 Å². The molecule has 0 aliphatic carbocycles. The van der Waals surface area contributed by atoms with Gasteiger partial charge in [0, 0.05) is 22.3 Å². The first-order valence-electron chi connectivity index (χ1n) is 5.34. The van der Waals surface area contributed by atoms with Gasteiger partial charge < -0.3 is 5.11 Å². The Balaban J connectivity index is 2.41. The quantitative estimate of drug-likeness (QED) is 0.530. The van der Waals surface area contributed by atoms with Crippen LogP contribution in [0.5, 0.6) is 5.75 Å². The van der Waals surface area contributed by atoms with Crippen LogP contribution >= 0.6 is 15.9 Å². The van der Waals surface area contributed by atoms with Crippen molar-refractivity contribution >= 4 is 33.5 Å². The third-order valence-electron chi connectivity index (χ3n) is 2.39. The lowest BCUT2D eigenvalue weighted by Crippen LogP contribution is -1.92. The molecule has 0 aliphatic rings. The molecule has 2 aromatic carbocycles. The molecule has 0 aliphatic heterocycles. The molecule has 19 heavy (non-hydrogen) atoms. The van der Waals surface area contributed by atoms with Crippen molar-refractivity contribution < 1.29 is 10.0 Å². The summed E-state index contributed by atoms with van der Waals surface area (Å²) in [4.78, 5) is 14.3. The summed E-state index contributed by atoms with van der Waals surface area (Å²) in [5.74, 6) is -0.395. The van der Waals surface area contributed by atoms with Crippen molar-refractivity contribution in [2.24, 2.45) is 4.99 Å². The minimum absolute atomic E-state index is 0.282. The number of aromatic hydroxyl groups is 1. The molecule has 5 nitrogen and oxygen atoms in total. The highest BCUT2D eigenvalue weighted by molar-refractivity contribution is 9.10. The molecule has 96 valence electrons. The lowest BCUT2D eigenvalue weighted by molar-refractivity contribution is -0.385. The molecule has 0 unspecified atom stereocenters. The van der Waals surface area contributed by atoms with Gasteiger partial charge in [-0.25, -0.2) is 0 Å². The van der Waals surface area contributed by atoms with Crippen molar-refractivity contribution in [1.29, 1.82) is 0 Å². The van der Waals surface area contributed by atoms with E-state index in [1.807, 2.05) is 18.2 Å². The Kier molecular flexibility index (Phi) is 3.91. The second kappa shape index (κ2) is 5.62. The molecule has 0 saturated carbocycles. The zero-order valence-corrected chi connectivity index (χ0v) is 11.2. The maximum Gasteiger partial charge on any atom is 0.312 e. The maximum atomic E-state index is 10.8. The van der Waals surface area contributed by atoms with Gasteiger partial charge in [0.1, 0.15) is 0 Å². The smallest absolute Gasteiger partial charge is 0.312 e. The minimum Gasteiger partial charge on any atom is -0.502 e. The Morgan fingerprint density at radius 2 is 1.95 bits per heavy atom. The first kappa shape index (κ1) is 13.2. The maximum absolute atomic E-state index is 10.8. The Labute approximate surface area is 117 Å². The van der Waals surface area contributed by atoms with Crippen molar-refractivity contribution in [2.75, 3.05) is 0 Å². The highest BCUT2D eigenvalue weighted by Crippen LogP contribution is 2.32. The third kappa shape index (κ3) is 3.17. The Morgan fingerprint density at radius 1 is 1.26 bits per heavy atom. The van der Waals surface area contributed by atoms with E-state index in [1.165, 1.54) is 12.3 Å². The van der Waals surface area contributed by atoms with Crippen LogP contribution in [0.2, 0.25) is 0 Å². The van der Waals surface area contributed by atoms with Crippen LogP contribution in [0.1, 0.15) is 5.56 Å². The lowest BCUT2D eigenvalue weighted by Gasteiger charge is -2.01. The summed E-state index contributed by atoms with van der Waals surface area (Å²) >= 11 is 3.16. The number of nitrogens with zero attached hydrogens (tertiary/aromatic N) is 2. The SMILES string of the molecule is O=[N+]([O-])c1cc(Br)cc(/C=N/c2ccccc2)c1O. The lowest BCUT2D eigenvalue weighted by atomic mass is 10.2. The van der Waals surface area contributed by atoms with Crippen LogP contribution in [0.15, 0.2) is 51.9 Å². The Morgan fingerprint density at radius 3 is 2.58 bits per heavy atom. The second-order valence-corrected chi connectivity index (χ2v) is 4.63. The number of benzene rings is 2. The number of phenolic OH excluding ortho intramolecular Hbond substituents is 1. The van der Waals surface area contributed by atoms with Crippen LogP contribution in [0, 0.1) is 10.1 Å². The highest BCUT2D eigenvalue weighted by Gasteiger charge is 2.17. The van der Waals surface area contributed by atoms with Crippen LogP contribution in [0.4, 0.5) is 11.4 Å². The fourth-order valence-electron chi connectivity index (χ4n) is 1.50. The van der Waals surface area contributed by atoms with E-state index in [1.54, 1.807) is 18.2 Å². The van der Waals surface area contributed by atoms with E-state index in [9.17, 15) is 15.2 Å². The number of nitro groups is 1. The van der Waals surface area contributed by atoms with Gasteiger partial charge in [-0.15, -0.1) is 0 Å². The number of hydrogen-bond donors (Lipinski definition) is 1. The summed E-state index contributed by atoms with van der Waals surface area (Å²) in [6, 6.07) is 11.9. The van der Waals surface area contributed by atoms with Crippen LogP contribution in [0.25, 0.3) is 0 Å². The summed E-state index contributed by atoms with van der Waals surface area (Å²) in [6.07, 6.45) is 1.39. The van der Waals surface area contributed by atoms with Crippen LogP contribution < -0.4 is 0 Å². The van der Waals surface area contributed by atoms with Gasteiger partial charge in [-0.3, -0.25) is 15.1 Å². The first-order chi connectivity index (χ1) is 9.08. The number of halogens is 1. The molecule has 2 rings (SSSR count). The van der Waals surface area contributed by atoms with E-state index in [0.717, 1.165) is 0 Å². The molecule has 0 radical (unpaired) electrons. The van der Waals surface area contributed by atoms with E-state index in [-0.39, 0.29) is 11.3 Å². The zero-order valence-electron chi connectivity index (χ0n) is 9.65. The molecule has 0 bridgehead atoms. The monoisotopic (exact) mass is 320 g/mol. The van der Waals surface area contributed by atoms with Gasteiger partial charge in [0.05, 0.1) is 10.6 Å². The van der Waals surface area contributed by atoms with Crippen molar-refractivity contribution in [3.8, 4) is 5.75 Å². The first-order valence-corrected chi connectivity index (χ1v) is 6.13. The zero-order chi connectivity index (χ0) is 13.8. The van der Waals surface area contributed by atoms with Gasteiger partial charge >= 0.3 is 5.69 Å². The second-order valence-electron chi connectivity index (χ2n) is 3.71. The molecule has 1 N–H and O–H groups in total. The number of para-hydroxylation sites is 1. The molecule has 0 amide bonds. The molecule has 0 fully saturated rings. The van der Waals surface area contributed by atoms with Crippen LogP contribution in [-0.2, 0) is 0 Å². The Bertz CT molecular complexity index is 642. The molecule has 6 heteroatoms. The number of nitro benzene ring substituents is 1. The fourth-order valence-corrected chi connectivity index (χ4v) is 1.96. The van der Waals surface area contributed by atoms with Crippen molar-refractivity contribution in [1.82, 2.24) is 0 Å². The standard InChI is InChI=1S/C13H9BrN2O3/c14-10-6-9(13(17)12(7-10)16(18)19)8-15-11-4-2-1-3-5-11/h1-8,17H/b15-8+. The number of aliphatic imine (C=N–C) groups is 1. The normalized spacial score (nSPS) is 10.8. The molecule has 0 heterocycles. The number of phenols is 1. The Hall–Kier alpha value is -2.21. The van der Waals surface area contributed by atoms with E-state index >= 15 is 0 Å². The van der Waals surface area contributed by atoms with E-state index in [4.69, 9.17) is 0 Å². The van der Waals surface area contributed by atoms with E-state index < -0.39 is 10.7 Å². The van der Waals surface area contributed by atoms with E-state index in [2.05, 4.69) is 20.9 Å². The van der Waals surface area contributed by atoms with Gasteiger partial charge in [-0.1, -0.05) is 34.1 Å². The van der Waals surface area contributed by atoms with Crippen molar-refractivity contribution in [2.45, 2.75) is 0 Å². The summed E-state index contributed by atoms with van der Waals surface area (Å²) < 4.78 is 0.506. The molecule has 0 saturated heterocycles. The fraction of sp³-hybridized carbons (Fsp3) is 0. The largest absolute Gasteiger partial charge is 0.502 e. The van der Waals surface area contributed by atoms with Crippen molar-refractivity contribution in [3.05, 3.63) is 62.6 Å². The van der Waals surface area contributed by atoms with Crippen molar-refractivity contribution in [3.63, 3.8) is 0 Å². The minimum atomic E-state index is -0.639. The van der Waals surface area contributed by atoms with Gasteiger partial charge in [0.25, 0.3) is 0 Å². The van der Waals surface area contributed by atoms with Gasteiger partial charge in [-0.2, -0.15) is 0 Å². The molecule has 0 atom stereocenters. The molecular formula is C13H9BrN2O3. The summed E-state index contributed by atoms with van der Waals surface area (Å²) in [5.41, 5.74) is 0.623. The van der Waals surface area contributed by atoms with Crippen LogP contribution in [0.3, 0.4) is 0 Å². The number of hydrogen-bond acceptors (Lipinski definition) is 4. The summed E-state index contributed by atoms with van der Waals surface area (Å²) in [5, 5.41) is 20.6. The summed E-state index contributed by atoms with van der Waals surface area (Å²) in [6.45, 7) is 0. The average molecular weight is 321 g/mol. The molecule has 2 aromatic rings. The summed E-state index contributed by atoms with van der Waals surface area (Å²) in [7, 11) is 0. The molecular weight excluding hydrogens is 312 g/mol. The van der Waals surface area contributed by atoms with Gasteiger partial charge in [0.15, 0.2) is 0 Å². The molecule has 0 spiro atoms. The third-order valence-corrected chi connectivity index (χ3v) is 2.85. The highest BCUT2D eigenvalue weighted by atomic mass is 79.9.